The zero-order valence-corrected chi connectivity index (χ0v) is 7.57. The van der Waals surface area contributed by atoms with Gasteiger partial charge in [0.25, 0.3) is 0 Å². The predicted octanol–water partition coefficient (Wildman–Crippen LogP) is 3.19. The zero-order valence-electron chi connectivity index (χ0n) is 6.82. The van der Waals surface area contributed by atoms with Gasteiger partial charge in [-0.05, 0) is 0 Å². The van der Waals surface area contributed by atoms with Crippen LogP contribution in [0.1, 0.15) is 0 Å². The lowest BCUT2D eigenvalue weighted by Gasteiger charge is -2.02. The van der Waals surface area contributed by atoms with Crippen molar-refractivity contribution in [2.45, 2.75) is 6.18 Å². The third-order valence-electron chi connectivity index (χ3n) is 1.23. The molecule has 0 aliphatic carbocycles. The molecule has 0 amide bonds. The fourth-order valence-electron chi connectivity index (χ4n) is 0.646. The standard InChI is InChI=1S/C7H2ClF5N2/c8-6(7(11,12)13)15-5-4(10)1-3(9)2-14-5/h1-2H. The number of hydrogen-bond donors (Lipinski definition) is 0. The maximum absolute atomic E-state index is 12.8. The van der Waals surface area contributed by atoms with E-state index in [1.807, 2.05) is 0 Å². The first-order valence-electron chi connectivity index (χ1n) is 3.43. The van der Waals surface area contributed by atoms with Gasteiger partial charge >= 0.3 is 6.18 Å². The van der Waals surface area contributed by atoms with Crippen LogP contribution >= 0.6 is 11.6 Å². The monoisotopic (exact) mass is 244 g/mol. The quantitative estimate of drug-likeness (QED) is 0.550. The molecule has 0 bridgehead atoms. The van der Waals surface area contributed by atoms with Crippen LogP contribution in [-0.4, -0.2) is 16.3 Å². The third kappa shape index (κ3) is 3.12. The molecule has 0 aliphatic rings. The molecule has 15 heavy (non-hydrogen) atoms. The number of pyridine rings is 1. The topological polar surface area (TPSA) is 25.2 Å². The SMILES string of the molecule is Fc1cnc(N=C(Cl)C(F)(F)F)c(F)c1. The van der Waals surface area contributed by atoms with Crippen LogP contribution in [0.5, 0.6) is 0 Å². The van der Waals surface area contributed by atoms with E-state index in [9.17, 15) is 22.0 Å². The summed E-state index contributed by atoms with van der Waals surface area (Å²) in [4.78, 5) is 5.68. The molecule has 0 atom stereocenters. The largest absolute Gasteiger partial charge is 0.444 e. The lowest BCUT2D eigenvalue weighted by molar-refractivity contribution is -0.0558. The second kappa shape index (κ2) is 4.09. The number of aromatic nitrogens is 1. The molecule has 0 aliphatic heterocycles. The Morgan fingerprint density at radius 3 is 2.40 bits per heavy atom. The average Bonchev–Trinajstić information content (AvgIpc) is 2.08. The van der Waals surface area contributed by atoms with Gasteiger partial charge in [-0.2, -0.15) is 13.2 Å². The smallest absolute Gasteiger partial charge is 0.231 e. The predicted molar refractivity (Wildman–Crippen MR) is 43.2 cm³/mol. The van der Waals surface area contributed by atoms with Crippen molar-refractivity contribution in [3.8, 4) is 0 Å². The molecule has 0 unspecified atom stereocenters. The first kappa shape index (κ1) is 11.8. The molecule has 1 aromatic rings. The Hall–Kier alpha value is -1.24. The summed E-state index contributed by atoms with van der Waals surface area (Å²) < 4.78 is 60.7. The highest BCUT2D eigenvalue weighted by Gasteiger charge is 2.34. The van der Waals surface area contributed by atoms with E-state index in [-0.39, 0.29) is 0 Å². The zero-order chi connectivity index (χ0) is 11.6. The number of aliphatic imine (C=N–C) groups is 1. The van der Waals surface area contributed by atoms with E-state index in [4.69, 9.17) is 11.6 Å². The Kier molecular flexibility index (Phi) is 3.23. The van der Waals surface area contributed by atoms with Gasteiger partial charge in [-0.3, -0.25) is 0 Å². The Bertz CT molecular complexity index is 401. The summed E-state index contributed by atoms with van der Waals surface area (Å²) in [6.07, 6.45) is -4.35. The van der Waals surface area contributed by atoms with Crippen molar-refractivity contribution < 1.29 is 22.0 Å². The van der Waals surface area contributed by atoms with Crippen molar-refractivity contribution in [3.63, 3.8) is 0 Å². The van der Waals surface area contributed by atoms with E-state index in [0.717, 1.165) is 0 Å². The number of alkyl halides is 3. The summed E-state index contributed by atoms with van der Waals surface area (Å²) in [5.41, 5.74) is 0. The van der Waals surface area contributed by atoms with Crippen LogP contribution in [0.2, 0.25) is 0 Å². The van der Waals surface area contributed by atoms with Crippen LogP contribution in [0.15, 0.2) is 17.3 Å². The van der Waals surface area contributed by atoms with E-state index in [2.05, 4.69) is 9.98 Å². The molecule has 0 aromatic carbocycles. The van der Waals surface area contributed by atoms with Crippen LogP contribution in [0.25, 0.3) is 0 Å². The van der Waals surface area contributed by atoms with Gasteiger partial charge in [0, 0.05) is 6.07 Å². The van der Waals surface area contributed by atoms with Crippen LogP contribution in [0.4, 0.5) is 27.8 Å². The molecule has 0 radical (unpaired) electrons. The number of halogens is 6. The molecule has 0 saturated carbocycles. The first-order valence-corrected chi connectivity index (χ1v) is 3.81. The minimum Gasteiger partial charge on any atom is -0.231 e. The van der Waals surface area contributed by atoms with Gasteiger partial charge in [-0.1, -0.05) is 11.6 Å². The molecule has 0 N–H and O–H groups in total. The lowest BCUT2D eigenvalue weighted by atomic mass is 10.4. The van der Waals surface area contributed by atoms with Gasteiger partial charge in [0.1, 0.15) is 5.82 Å². The normalized spacial score (nSPS) is 13.1. The van der Waals surface area contributed by atoms with Crippen molar-refractivity contribution in [2.24, 2.45) is 4.99 Å². The number of hydrogen-bond acceptors (Lipinski definition) is 2. The van der Waals surface area contributed by atoms with Gasteiger partial charge in [-0.25, -0.2) is 18.8 Å². The molecular formula is C7H2ClF5N2. The first-order chi connectivity index (χ1) is 6.80. The summed E-state index contributed by atoms with van der Waals surface area (Å²) in [5.74, 6) is -3.26. The second-order valence-corrected chi connectivity index (χ2v) is 2.72. The molecule has 1 rings (SSSR count). The highest BCUT2D eigenvalue weighted by atomic mass is 35.5. The molecule has 82 valence electrons. The van der Waals surface area contributed by atoms with Gasteiger partial charge < -0.3 is 0 Å². The molecule has 2 nitrogen and oxygen atoms in total. The average molecular weight is 245 g/mol. The maximum Gasteiger partial charge on any atom is 0.444 e. The van der Waals surface area contributed by atoms with Crippen molar-refractivity contribution in [1.82, 2.24) is 4.98 Å². The lowest BCUT2D eigenvalue weighted by Crippen LogP contribution is -2.16. The maximum atomic E-state index is 12.8. The molecule has 0 fully saturated rings. The highest BCUT2D eigenvalue weighted by Crippen LogP contribution is 2.24. The fourth-order valence-corrected chi connectivity index (χ4v) is 0.726. The van der Waals surface area contributed by atoms with Crippen LogP contribution in [0, 0.1) is 11.6 Å². The van der Waals surface area contributed by atoms with E-state index in [1.165, 1.54) is 0 Å². The van der Waals surface area contributed by atoms with E-state index in [1.54, 1.807) is 0 Å². The minimum atomic E-state index is -4.88. The molecule has 1 aromatic heterocycles. The summed E-state index contributed by atoms with van der Waals surface area (Å²) >= 11 is 4.73. The van der Waals surface area contributed by atoms with Crippen LogP contribution in [-0.2, 0) is 0 Å². The molecule has 0 spiro atoms. The van der Waals surface area contributed by atoms with Crippen molar-refractivity contribution in [1.29, 1.82) is 0 Å². The number of rotatable bonds is 1. The Labute approximate surface area is 85.4 Å². The molecule has 1 heterocycles. The third-order valence-corrected chi connectivity index (χ3v) is 1.53. The van der Waals surface area contributed by atoms with Crippen molar-refractivity contribution in [3.05, 3.63) is 23.9 Å². The highest BCUT2D eigenvalue weighted by molar-refractivity contribution is 6.67. The van der Waals surface area contributed by atoms with Crippen LogP contribution in [0.3, 0.4) is 0 Å². The van der Waals surface area contributed by atoms with Gasteiger partial charge in [0.15, 0.2) is 11.6 Å². The molecular weight excluding hydrogens is 243 g/mol. The van der Waals surface area contributed by atoms with Crippen molar-refractivity contribution >= 4 is 22.6 Å². The molecule has 0 saturated heterocycles. The Morgan fingerprint density at radius 2 is 1.93 bits per heavy atom. The van der Waals surface area contributed by atoms with E-state index in [0.29, 0.717) is 12.3 Å². The van der Waals surface area contributed by atoms with E-state index < -0.39 is 28.8 Å². The second-order valence-electron chi connectivity index (χ2n) is 2.36. The summed E-state index contributed by atoms with van der Waals surface area (Å²) in [6.45, 7) is 0. The van der Waals surface area contributed by atoms with Crippen molar-refractivity contribution in [2.75, 3.05) is 0 Å². The minimum absolute atomic E-state index is 0.354. The number of nitrogens with zero attached hydrogens (tertiary/aromatic N) is 2. The van der Waals surface area contributed by atoms with Crippen LogP contribution < -0.4 is 0 Å². The van der Waals surface area contributed by atoms with Gasteiger partial charge in [0.2, 0.25) is 5.17 Å². The van der Waals surface area contributed by atoms with Gasteiger partial charge in [0.05, 0.1) is 6.20 Å². The van der Waals surface area contributed by atoms with E-state index >= 15 is 0 Å². The van der Waals surface area contributed by atoms with Gasteiger partial charge in [-0.15, -0.1) is 0 Å². The molecule has 8 heteroatoms. The summed E-state index contributed by atoms with van der Waals surface area (Å²) in [7, 11) is 0. The fraction of sp³-hybridized carbons (Fsp3) is 0.143. The Morgan fingerprint density at radius 1 is 1.33 bits per heavy atom. The summed E-state index contributed by atoms with van der Waals surface area (Å²) in [6, 6.07) is 0.354. The Balaban J connectivity index is 3.09. The summed E-state index contributed by atoms with van der Waals surface area (Å²) in [5, 5.41) is -1.78.